The summed E-state index contributed by atoms with van der Waals surface area (Å²) in [5.74, 6) is 0. The highest BCUT2D eigenvalue weighted by atomic mass is 16.5. The lowest BCUT2D eigenvalue weighted by molar-refractivity contribution is -0.0461. The summed E-state index contributed by atoms with van der Waals surface area (Å²) in [6.45, 7) is 0. The number of nitrogens with zero attached hydrogens (tertiary/aromatic N) is 2. The predicted octanol–water partition coefficient (Wildman–Crippen LogP) is -0.597. The van der Waals surface area contributed by atoms with Crippen LogP contribution in [0.3, 0.4) is 0 Å². The second-order valence-electron chi connectivity index (χ2n) is 1.79. The van der Waals surface area contributed by atoms with E-state index in [9.17, 15) is 0 Å². The molecule has 0 fully saturated rings. The zero-order valence-electron chi connectivity index (χ0n) is 5.02. The Balaban J connectivity index is 2.85. The molecule has 0 unspecified atom stereocenters. The Morgan fingerprint density at radius 2 is 2.33 bits per heavy atom. The predicted molar refractivity (Wildman–Crippen MR) is 30.4 cm³/mol. The second kappa shape index (κ2) is 2.16. The van der Waals surface area contributed by atoms with Crippen molar-refractivity contribution in [2.24, 2.45) is 7.05 Å². The van der Waals surface area contributed by atoms with Crippen LogP contribution in [-0.2, 0) is 7.05 Å². The van der Waals surface area contributed by atoms with Gasteiger partial charge in [-0.15, -0.1) is 0 Å². The summed E-state index contributed by atoms with van der Waals surface area (Å²) in [6, 6.07) is 1.55. The van der Waals surface area contributed by atoms with Crippen molar-refractivity contribution in [3.63, 3.8) is 0 Å². The van der Waals surface area contributed by atoms with E-state index in [1.165, 1.54) is 4.68 Å². The summed E-state index contributed by atoms with van der Waals surface area (Å²) in [5, 5.41) is 20.8. The zero-order chi connectivity index (χ0) is 6.85. The van der Waals surface area contributed by atoms with E-state index in [0.29, 0.717) is 0 Å². The lowest BCUT2D eigenvalue weighted by Gasteiger charge is -1.94. The van der Waals surface area contributed by atoms with Gasteiger partial charge in [0.25, 0.3) is 0 Å². The molecule has 50 valence electrons. The minimum atomic E-state index is -1.45. The first kappa shape index (κ1) is 6.25. The lowest BCUT2D eigenvalue weighted by Crippen LogP contribution is -1.97. The van der Waals surface area contributed by atoms with Crippen molar-refractivity contribution >= 4 is 0 Å². The van der Waals surface area contributed by atoms with E-state index in [0.717, 1.165) is 0 Å². The summed E-state index contributed by atoms with van der Waals surface area (Å²) in [5.41, 5.74) is 0.275. The van der Waals surface area contributed by atoms with E-state index in [1.807, 2.05) is 0 Å². The molecule has 0 bridgehead atoms. The molecule has 0 amide bonds. The van der Waals surface area contributed by atoms with Gasteiger partial charge >= 0.3 is 0 Å². The van der Waals surface area contributed by atoms with Crippen LogP contribution >= 0.6 is 0 Å². The summed E-state index contributed by atoms with van der Waals surface area (Å²) in [4.78, 5) is 0. The normalized spacial score (nSPS) is 10.7. The average molecular weight is 128 g/mol. The third-order valence-electron chi connectivity index (χ3n) is 0.999. The maximum Gasteiger partial charge on any atom is 0.197 e. The maximum atomic E-state index is 8.52. The van der Waals surface area contributed by atoms with E-state index < -0.39 is 6.29 Å². The van der Waals surface area contributed by atoms with Crippen LogP contribution in [0.4, 0.5) is 0 Å². The fourth-order valence-corrected chi connectivity index (χ4v) is 0.571. The Labute approximate surface area is 52.4 Å². The minimum absolute atomic E-state index is 0.275. The average Bonchev–Trinajstić information content (AvgIpc) is 2.14. The van der Waals surface area contributed by atoms with Gasteiger partial charge in [-0.05, 0) is 6.07 Å². The number of rotatable bonds is 1. The number of hydrogen-bond donors (Lipinski definition) is 2. The minimum Gasteiger partial charge on any atom is -0.363 e. The van der Waals surface area contributed by atoms with Gasteiger partial charge < -0.3 is 10.2 Å². The third-order valence-corrected chi connectivity index (χ3v) is 0.999. The molecule has 0 atom stereocenters. The van der Waals surface area contributed by atoms with Crippen molar-refractivity contribution in [2.75, 3.05) is 0 Å². The van der Waals surface area contributed by atoms with Crippen molar-refractivity contribution in [2.45, 2.75) is 6.29 Å². The fourth-order valence-electron chi connectivity index (χ4n) is 0.571. The monoisotopic (exact) mass is 128 g/mol. The van der Waals surface area contributed by atoms with Crippen LogP contribution in [0.1, 0.15) is 12.0 Å². The number of aromatic nitrogens is 2. The summed E-state index contributed by atoms with van der Waals surface area (Å²) in [6.07, 6.45) is 0.195. The zero-order valence-corrected chi connectivity index (χ0v) is 5.02. The Morgan fingerprint density at radius 1 is 1.67 bits per heavy atom. The molecule has 0 aliphatic rings. The molecule has 2 N–H and O–H groups in total. The van der Waals surface area contributed by atoms with Gasteiger partial charge in [0.15, 0.2) is 6.29 Å². The molecule has 0 radical (unpaired) electrons. The number of aryl methyl sites for hydroxylation is 1. The lowest BCUT2D eigenvalue weighted by atomic mass is 10.4. The molecule has 1 rings (SSSR count). The van der Waals surface area contributed by atoms with Crippen molar-refractivity contribution in [1.82, 2.24) is 9.78 Å². The van der Waals surface area contributed by atoms with Gasteiger partial charge in [-0.3, -0.25) is 4.68 Å². The molecule has 0 saturated heterocycles. The van der Waals surface area contributed by atoms with Crippen LogP contribution in [0.2, 0.25) is 0 Å². The Kier molecular flexibility index (Phi) is 1.50. The highest BCUT2D eigenvalue weighted by Crippen LogP contribution is 2.03. The van der Waals surface area contributed by atoms with Gasteiger partial charge in [0.2, 0.25) is 0 Å². The first-order valence-corrected chi connectivity index (χ1v) is 2.56. The Hall–Kier alpha value is -0.870. The summed E-state index contributed by atoms with van der Waals surface area (Å²) < 4.78 is 1.51. The number of aliphatic hydroxyl groups excluding tert-OH is 1. The summed E-state index contributed by atoms with van der Waals surface area (Å²) in [7, 11) is 1.71. The molecule has 4 nitrogen and oxygen atoms in total. The molecule has 4 heteroatoms. The van der Waals surface area contributed by atoms with E-state index in [2.05, 4.69) is 5.10 Å². The van der Waals surface area contributed by atoms with E-state index in [-0.39, 0.29) is 5.69 Å². The molecule has 0 aliphatic carbocycles. The second-order valence-corrected chi connectivity index (χ2v) is 1.79. The molecule has 0 aliphatic heterocycles. The van der Waals surface area contributed by atoms with Crippen molar-refractivity contribution in [3.8, 4) is 0 Å². The highest BCUT2D eigenvalue weighted by molar-refractivity contribution is 4.98. The van der Waals surface area contributed by atoms with Crippen LogP contribution in [0, 0.1) is 0 Å². The van der Waals surface area contributed by atoms with E-state index in [1.54, 1.807) is 19.3 Å². The first-order valence-electron chi connectivity index (χ1n) is 2.56. The van der Waals surface area contributed by atoms with Crippen LogP contribution in [0.5, 0.6) is 0 Å². The van der Waals surface area contributed by atoms with Crippen molar-refractivity contribution in [1.29, 1.82) is 0 Å². The molecule has 9 heavy (non-hydrogen) atoms. The van der Waals surface area contributed by atoms with E-state index >= 15 is 0 Å². The van der Waals surface area contributed by atoms with Gasteiger partial charge in [-0.2, -0.15) is 5.10 Å². The van der Waals surface area contributed by atoms with Crippen LogP contribution in [0.25, 0.3) is 0 Å². The molecule has 1 heterocycles. The van der Waals surface area contributed by atoms with Crippen molar-refractivity contribution < 1.29 is 10.2 Å². The Bertz CT molecular complexity index is 195. The summed E-state index contributed by atoms with van der Waals surface area (Å²) >= 11 is 0. The SMILES string of the molecule is Cn1ccc(C(O)O)n1. The van der Waals surface area contributed by atoms with Crippen LogP contribution in [0.15, 0.2) is 12.3 Å². The number of hydrogen-bond acceptors (Lipinski definition) is 3. The number of aliphatic hydroxyl groups is 2. The molecule has 1 aromatic heterocycles. The van der Waals surface area contributed by atoms with E-state index in [4.69, 9.17) is 10.2 Å². The van der Waals surface area contributed by atoms with Gasteiger partial charge in [0.05, 0.1) is 0 Å². The van der Waals surface area contributed by atoms with Crippen LogP contribution in [-0.4, -0.2) is 20.0 Å². The molecular formula is C5H8N2O2. The smallest absolute Gasteiger partial charge is 0.197 e. The molecule has 0 spiro atoms. The molecule has 1 aromatic rings. The quantitative estimate of drug-likeness (QED) is 0.497. The van der Waals surface area contributed by atoms with Crippen molar-refractivity contribution in [3.05, 3.63) is 18.0 Å². The first-order chi connectivity index (χ1) is 4.20. The molecule has 0 saturated carbocycles. The van der Waals surface area contributed by atoms with Gasteiger partial charge in [0.1, 0.15) is 5.69 Å². The van der Waals surface area contributed by atoms with Crippen LogP contribution < -0.4 is 0 Å². The topological polar surface area (TPSA) is 58.3 Å². The standard InChI is InChI=1S/C5H8N2O2/c1-7-3-2-4(6-7)5(8)9/h2-3,5,8-9H,1H3. The van der Waals surface area contributed by atoms with Gasteiger partial charge in [-0.25, -0.2) is 0 Å². The Morgan fingerprint density at radius 3 is 2.56 bits per heavy atom. The molecular weight excluding hydrogens is 120 g/mol. The highest BCUT2D eigenvalue weighted by Gasteiger charge is 2.03. The van der Waals surface area contributed by atoms with Gasteiger partial charge in [-0.1, -0.05) is 0 Å². The fraction of sp³-hybridized carbons (Fsp3) is 0.400. The van der Waals surface area contributed by atoms with Gasteiger partial charge in [0, 0.05) is 13.2 Å². The largest absolute Gasteiger partial charge is 0.363 e. The maximum absolute atomic E-state index is 8.52. The molecule has 0 aromatic carbocycles. The third kappa shape index (κ3) is 1.28.